The Balaban J connectivity index is 2.86. The number of pyridine rings is 1. The van der Waals surface area contributed by atoms with E-state index in [0.717, 1.165) is 5.52 Å². The van der Waals surface area contributed by atoms with Gasteiger partial charge in [-0.3, -0.25) is 0 Å². The van der Waals surface area contributed by atoms with Crippen LogP contribution < -0.4 is 11.5 Å². The van der Waals surface area contributed by atoms with Gasteiger partial charge in [0.25, 0.3) is 0 Å². The maximum Gasteiger partial charge on any atom is 0.179 e. The molecule has 0 atom stereocenters. The first-order chi connectivity index (χ1) is 5.27. The van der Waals surface area contributed by atoms with Gasteiger partial charge in [-0.2, -0.15) is 0 Å². The summed E-state index contributed by atoms with van der Waals surface area (Å²) in [6, 6.07) is 1.71. The molecule has 0 radical (unpaired) electrons. The highest BCUT2D eigenvalue weighted by molar-refractivity contribution is 5.79. The average Bonchev–Trinajstić information content (AvgIpc) is 2.36. The van der Waals surface area contributed by atoms with Gasteiger partial charge in [0.2, 0.25) is 0 Å². The number of anilines is 2. The number of fused-ring (bicyclic) bond motifs is 1. The molecule has 2 aromatic rings. The van der Waals surface area contributed by atoms with Crippen molar-refractivity contribution < 1.29 is 0 Å². The normalized spacial score (nSPS) is 10.5. The van der Waals surface area contributed by atoms with Gasteiger partial charge in [-0.05, 0) is 6.07 Å². The number of hydrogen-bond acceptors (Lipinski definition) is 4. The van der Waals surface area contributed by atoms with Crippen LogP contribution in [-0.2, 0) is 0 Å². The predicted octanol–water partition coefficient (Wildman–Crippen LogP) is 0.122. The van der Waals surface area contributed by atoms with Crippen LogP contribution in [0.1, 0.15) is 0 Å². The van der Waals surface area contributed by atoms with Gasteiger partial charge in [0.1, 0.15) is 5.82 Å². The standard InChI is InChI=1S/C6H7N5/c7-3-1-4-6(10-2-9-4)11-5(3)8/h1-2H,7H2,(H3,8,9,10,11). The molecule has 0 aliphatic heterocycles. The Labute approximate surface area is 62.4 Å². The lowest BCUT2D eigenvalue weighted by atomic mass is 10.4. The number of hydrogen-bond donors (Lipinski definition) is 3. The molecule has 0 aromatic carbocycles. The molecule has 0 saturated carbocycles. The minimum atomic E-state index is 0.324. The highest BCUT2D eigenvalue weighted by atomic mass is 15.0. The Morgan fingerprint density at radius 3 is 3.00 bits per heavy atom. The summed E-state index contributed by atoms with van der Waals surface area (Å²) in [6.45, 7) is 0. The van der Waals surface area contributed by atoms with Crippen LogP contribution in [0.3, 0.4) is 0 Å². The molecule has 2 heterocycles. The number of H-pyrrole nitrogens is 1. The maximum absolute atomic E-state index is 5.51. The topological polar surface area (TPSA) is 93.6 Å². The van der Waals surface area contributed by atoms with Crippen LogP contribution in [-0.4, -0.2) is 15.0 Å². The molecule has 5 N–H and O–H groups in total. The van der Waals surface area contributed by atoms with Crippen LogP contribution in [0.4, 0.5) is 11.5 Å². The molecule has 0 unspecified atom stereocenters. The molecular weight excluding hydrogens is 142 g/mol. The fourth-order valence-electron chi connectivity index (χ4n) is 0.900. The number of nitrogens with zero attached hydrogens (tertiary/aromatic N) is 2. The van der Waals surface area contributed by atoms with Crippen LogP contribution in [0, 0.1) is 0 Å². The molecular formula is C6H7N5. The highest BCUT2D eigenvalue weighted by Crippen LogP contribution is 2.16. The van der Waals surface area contributed by atoms with Gasteiger partial charge in [-0.15, -0.1) is 0 Å². The molecule has 5 nitrogen and oxygen atoms in total. The molecule has 0 spiro atoms. The van der Waals surface area contributed by atoms with Crippen LogP contribution in [0.5, 0.6) is 0 Å². The van der Waals surface area contributed by atoms with Crippen LogP contribution in [0.15, 0.2) is 12.4 Å². The van der Waals surface area contributed by atoms with E-state index in [-0.39, 0.29) is 0 Å². The summed E-state index contributed by atoms with van der Waals surface area (Å²) in [4.78, 5) is 10.7. The number of nitrogen functional groups attached to an aromatic ring is 2. The van der Waals surface area contributed by atoms with E-state index in [4.69, 9.17) is 11.5 Å². The van der Waals surface area contributed by atoms with Gasteiger partial charge in [0.05, 0.1) is 17.5 Å². The van der Waals surface area contributed by atoms with Crippen molar-refractivity contribution in [3.05, 3.63) is 12.4 Å². The Bertz CT molecular complexity index is 355. The third-order valence-electron chi connectivity index (χ3n) is 1.47. The molecule has 0 bridgehead atoms. The van der Waals surface area contributed by atoms with E-state index in [9.17, 15) is 0 Å². The average molecular weight is 149 g/mol. The third kappa shape index (κ3) is 0.778. The SMILES string of the molecule is Nc1cc2[nH]cnc2nc1N. The zero-order valence-electron chi connectivity index (χ0n) is 5.70. The molecule has 11 heavy (non-hydrogen) atoms. The first kappa shape index (κ1) is 5.96. The van der Waals surface area contributed by atoms with Gasteiger partial charge in [-0.25, -0.2) is 9.97 Å². The van der Waals surface area contributed by atoms with E-state index >= 15 is 0 Å². The van der Waals surface area contributed by atoms with E-state index in [0.29, 0.717) is 17.2 Å². The summed E-state index contributed by atoms with van der Waals surface area (Å²) in [5.41, 5.74) is 12.8. The fourth-order valence-corrected chi connectivity index (χ4v) is 0.900. The molecule has 0 aliphatic rings. The first-order valence-corrected chi connectivity index (χ1v) is 3.12. The van der Waals surface area contributed by atoms with E-state index < -0.39 is 0 Å². The van der Waals surface area contributed by atoms with Gasteiger partial charge in [-0.1, -0.05) is 0 Å². The zero-order chi connectivity index (χ0) is 7.84. The van der Waals surface area contributed by atoms with Gasteiger partial charge in [0.15, 0.2) is 5.65 Å². The second kappa shape index (κ2) is 1.85. The lowest BCUT2D eigenvalue weighted by molar-refractivity contribution is 1.31. The summed E-state index contributed by atoms with van der Waals surface area (Å²) in [5.74, 6) is 0.324. The number of nitrogens with two attached hydrogens (primary N) is 2. The van der Waals surface area contributed by atoms with Crippen molar-refractivity contribution >= 4 is 22.7 Å². The zero-order valence-corrected chi connectivity index (χ0v) is 5.70. The van der Waals surface area contributed by atoms with Crippen LogP contribution >= 0.6 is 0 Å². The van der Waals surface area contributed by atoms with Crippen molar-refractivity contribution in [2.24, 2.45) is 0 Å². The third-order valence-corrected chi connectivity index (χ3v) is 1.47. The van der Waals surface area contributed by atoms with Gasteiger partial charge >= 0.3 is 0 Å². The monoisotopic (exact) mass is 149 g/mol. The highest BCUT2D eigenvalue weighted by Gasteiger charge is 2.00. The summed E-state index contributed by atoms with van der Waals surface area (Å²) in [6.07, 6.45) is 1.55. The van der Waals surface area contributed by atoms with Crippen molar-refractivity contribution in [3.63, 3.8) is 0 Å². The van der Waals surface area contributed by atoms with Gasteiger partial charge in [0, 0.05) is 0 Å². The van der Waals surface area contributed by atoms with Crippen LogP contribution in [0.2, 0.25) is 0 Å². The van der Waals surface area contributed by atoms with E-state index in [1.54, 1.807) is 12.4 Å². The molecule has 2 rings (SSSR count). The Hall–Kier alpha value is -1.78. The van der Waals surface area contributed by atoms with Crippen LogP contribution in [0.25, 0.3) is 11.2 Å². The molecule has 0 amide bonds. The minimum absolute atomic E-state index is 0.324. The summed E-state index contributed by atoms with van der Waals surface area (Å²) >= 11 is 0. The predicted molar refractivity (Wildman–Crippen MR) is 42.7 cm³/mol. The van der Waals surface area contributed by atoms with E-state index in [1.807, 2.05) is 0 Å². The molecule has 56 valence electrons. The quantitative estimate of drug-likeness (QED) is 0.496. The van der Waals surface area contributed by atoms with Gasteiger partial charge < -0.3 is 16.5 Å². The molecule has 5 heteroatoms. The largest absolute Gasteiger partial charge is 0.396 e. The summed E-state index contributed by atoms with van der Waals surface area (Å²) in [5, 5.41) is 0. The Kier molecular flexibility index (Phi) is 1.00. The number of aromatic nitrogens is 3. The van der Waals surface area contributed by atoms with Crippen molar-refractivity contribution in [1.29, 1.82) is 0 Å². The van der Waals surface area contributed by atoms with Crippen molar-refractivity contribution in [3.8, 4) is 0 Å². The second-order valence-corrected chi connectivity index (χ2v) is 2.24. The molecule has 0 fully saturated rings. The molecule has 0 saturated heterocycles. The van der Waals surface area contributed by atoms with Crippen molar-refractivity contribution in [2.75, 3.05) is 11.5 Å². The molecule has 0 aliphatic carbocycles. The minimum Gasteiger partial charge on any atom is -0.396 e. The number of nitrogens with one attached hydrogen (secondary N) is 1. The summed E-state index contributed by atoms with van der Waals surface area (Å²) < 4.78 is 0. The number of imidazole rings is 1. The second-order valence-electron chi connectivity index (χ2n) is 2.24. The fraction of sp³-hybridized carbons (Fsp3) is 0. The number of rotatable bonds is 0. The smallest absolute Gasteiger partial charge is 0.179 e. The van der Waals surface area contributed by atoms with Crippen molar-refractivity contribution in [2.45, 2.75) is 0 Å². The lowest BCUT2D eigenvalue weighted by Gasteiger charge is -1.96. The van der Waals surface area contributed by atoms with Crippen molar-refractivity contribution in [1.82, 2.24) is 15.0 Å². The van der Waals surface area contributed by atoms with E-state index in [1.165, 1.54) is 0 Å². The van der Waals surface area contributed by atoms with E-state index in [2.05, 4.69) is 15.0 Å². The Morgan fingerprint density at radius 1 is 1.36 bits per heavy atom. The first-order valence-electron chi connectivity index (χ1n) is 3.12. The Morgan fingerprint density at radius 2 is 2.18 bits per heavy atom. The number of aromatic amines is 1. The lowest BCUT2D eigenvalue weighted by Crippen LogP contribution is -1.97. The molecule has 2 aromatic heterocycles. The summed E-state index contributed by atoms with van der Waals surface area (Å²) in [7, 11) is 0. The maximum atomic E-state index is 5.51.